The molecule has 23 heavy (non-hydrogen) atoms. The van der Waals surface area contributed by atoms with Gasteiger partial charge in [-0.1, -0.05) is 23.7 Å². The van der Waals surface area contributed by atoms with Crippen LogP contribution in [0, 0.1) is 6.92 Å². The van der Waals surface area contributed by atoms with Gasteiger partial charge in [0.1, 0.15) is 6.33 Å². The minimum Gasteiger partial charge on any atom is -0.289 e. The molecular weight excluding hydrogens is 316 g/mol. The summed E-state index contributed by atoms with van der Waals surface area (Å²) in [4.78, 5) is 16.3. The van der Waals surface area contributed by atoms with E-state index in [2.05, 4.69) is 20.5 Å². The van der Waals surface area contributed by atoms with Crippen LogP contribution in [-0.2, 0) is 13.6 Å². The number of hydrogen-bond acceptors (Lipinski definition) is 4. The second-order valence-corrected chi connectivity index (χ2v) is 5.55. The summed E-state index contributed by atoms with van der Waals surface area (Å²) in [6, 6.07) is 7.48. The molecule has 1 amide bonds. The summed E-state index contributed by atoms with van der Waals surface area (Å²) >= 11 is 5.86. The monoisotopic (exact) mass is 330 g/mol. The average molecular weight is 331 g/mol. The van der Waals surface area contributed by atoms with Gasteiger partial charge in [0.2, 0.25) is 5.95 Å². The molecule has 0 aliphatic rings. The molecule has 2 heterocycles. The van der Waals surface area contributed by atoms with Crippen LogP contribution < -0.4 is 5.32 Å². The van der Waals surface area contributed by atoms with E-state index in [1.54, 1.807) is 22.7 Å². The SMILES string of the molecule is Cc1c(C(=O)Nc2ncn(Cc3ccc(Cl)cc3)n2)cnn1C. The summed E-state index contributed by atoms with van der Waals surface area (Å²) in [5.74, 6) is -0.0212. The van der Waals surface area contributed by atoms with Gasteiger partial charge in [-0.15, -0.1) is 5.10 Å². The molecule has 0 fully saturated rings. The molecule has 0 saturated heterocycles. The van der Waals surface area contributed by atoms with E-state index in [4.69, 9.17) is 11.6 Å². The molecule has 0 aliphatic carbocycles. The van der Waals surface area contributed by atoms with E-state index in [0.717, 1.165) is 11.3 Å². The molecule has 1 aromatic carbocycles. The summed E-state index contributed by atoms with van der Waals surface area (Å²) in [5, 5.41) is 11.6. The summed E-state index contributed by atoms with van der Waals surface area (Å²) in [6.45, 7) is 2.38. The predicted octanol–water partition coefficient (Wildman–Crippen LogP) is 2.27. The first-order chi connectivity index (χ1) is 11.0. The Morgan fingerprint density at radius 3 is 2.70 bits per heavy atom. The quantitative estimate of drug-likeness (QED) is 0.796. The number of anilines is 1. The van der Waals surface area contributed by atoms with Crippen LogP contribution in [0.5, 0.6) is 0 Å². The molecule has 0 radical (unpaired) electrons. The summed E-state index contributed by atoms with van der Waals surface area (Å²) in [5.41, 5.74) is 2.32. The van der Waals surface area contributed by atoms with E-state index in [-0.39, 0.29) is 11.9 Å². The number of nitrogens with one attached hydrogen (secondary N) is 1. The molecule has 3 rings (SSSR count). The van der Waals surface area contributed by atoms with Crippen molar-refractivity contribution in [2.24, 2.45) is 7.05 Å². The van der Waals surface area contributed by atoms with E-state index in [0.29, 0.717) is 17.1 Å². The number of benzene rings is 1. The highest BCUT2D eigenvalue weighted by Crippen LogP contribution is 2.11. The van der Waals surface area contributed by atoms with Crippen LogP contribution in [0.1, 0.15) is 21.6 Å². The largest absolute Gasteiger partial charge is 0.289 e. The topological polar surface area (TPSA) is 77.6 Å². The second kappa shape index (κ2) is 6.21. The Kier molecular flexibility index (Phi) is 4.12. The first-order valence-corrected chi connectivity index (χ1v) is 7.34. The smallest absolute Gasteiger partial charge is 0.261 e. The number of carbonyl (C=O) groups excluding carboxylic acids is 1. The van der Waals surface area contributed by atoms with Gasteiger partial charge in [0, 0.05) is 17.8 Å². The van der Waals surface area contributed by atoms with Crippen LogP contribution in [0.3, 0.4) is 0 Å². The van der Waals surface area contributed by atoms with E-state index in [1.165, 1.54) is 6.20 Å². The van der Waals surface area contributed by atoms with Crippen LogP contribution in [0.15, 0.2) is 36.8 Å². The van der Waals surface area contributed by atoms with Gasteiger partial charge < -0.3 is 0 Å². The number of amides is 1. The number of carbonyl (C=O) groups is 1. The highest BCUT2D eigenvalue weighted by atomic mass is 35.5. The fourth-order valence-corrected chi connectivity index (χ4v) is 2.22. The third kappa shape index (κ3) is 3.40. The molecule has 0 saturated carbocycles. The average Bonchev–Trinajstić information content (AvgIpc) is 3.09. The molecule has 0 aliphatic heterocycles. The van der Waals surface area contributed by atoms with Crippen LogP contribution in [0.2, 0.25) is 5.02 Å². The summed E-state index contributed by atoms with van der Waals surface area (Å²) in [7, 11) is 1.78. The van der Waals surface area contributed by atoms with E-state index < -0.39 is 0 Å². The molecule has 2 aromatic heterocycles. The lowest BCUT2D eigenvalue weighted by atomic mass is 10.2. The number of aromatic nitrogens is 5. The molecule has 0 atom stereocenters. The molecule has 7 nitrogen and oxygen atoms in total. The predicted molar refractivity (Wildman–Crippen MR) is 86.5 cm³/mol. The molecule has 0 unspecified atom stereocenters. The Morgan fingerprint density at radius 1 is 1.30 bits per heavy atom. The maximum absolute atomic E-state index is 12.2. The van der Waals surface area contributed by atoms with Gasteiger partial charge >= 0.3 is 0 Å². The Bertz CT molecular complexity index is 836. The second-order valence-electron chi connectivity index (χ2n) is 5.11. The van der Waals surface area contributed by atoms with Gasteiger partial charge in [0.05, 0.1) is 18.3 Å². The standard InChI is InChI=1S/C15H15ClN6O/c1-10-13(7-18-21(10)2)14(23)19-15-17-9-22(20-15)8-11-3-5-12(16)6-4-11/h3-7,9H,8H2,1-2H3,(H,19,20,23). The zero-order valence-electron chi connectivity index (χ0n) is 12.7. The fourth-order valence-electron chi connectivity index (χ4n) is 2.10. The number of rotatable bonds is 4. The third-order valence-electron chi connectivity index (χ3n) is 3.50. The van der Waals surface area contributed by atoms with Gasteiger partial charge in [-0.05, 0) is 24.6 Å². The first kappa shape index (κ1) is 15.2. The Balaban J connectivity index is 1.68. The van der Waals surface area contributed by atoms with Crippen molar-refractivity contribution in [1.82, 2.24) is 24.5 Å². The van der Waals surface area contributed by atoms with Crippen molar-refractivity contribution in [1.29, 1.82) is 0 Å². The van der Waals surface area contributed by atoms with Gasteiger partial charge in [0.15, 0.2) is 0 Å². The zero-order valence-corrected chi connectivity index (χ0v) is 13.4. The van der Waals surface area contributed by atoms with E-state index in [1.807, 2.05) is 31.2 Å². The molecular formula is C15H15ClN6O. The van der Waals surface area contributed by atoms with Gasteiger partial charge in [-0.3, -0.25) is 14.8 Å². The summed E-state index contributed by atoms with van der Waals surface area (Å²) in [6.07, 6.45) is 3.09. The van der Waals surface area contributed by atoms with Crippen molar-refractivity contribution in [2.75, 3.05) is 5.32 Å². The van der Waals surface area contributed by atoms with E-state index >= 15 is 0 Å². The Labute approximate surface area is 137 Å². The number of aryl methyl sites for hydroxylation is 1. The lowest BCUT2D eigenvalue weighted by molar-refractivity contribution is 0.102. The third-order valence-corrected chi connectivity index (χ3v) is 3.75. The molecule has 118 valence electrons. The normalized spacial score (nSPS) is 10.7. The van der Waals surface area contributed by atoms with Crippen LogP contribution in [0.25, 0.3) is 0 Å². The van der Waals surface area contributed by atoms with Crippen molar-refractivity contribution in [3.8, 4) is 0 Å². The minimum atomic E-state index is -0.278. The maximum atomic E-state index is 12.2. The van der Waals surface area contributed by atoms with Crippen molar-refractivity contribution in [3.63, 3.8) is 0 Å². The van der Waals surface area contributed by atoms with E-state index in [9.17, 15) is 4.79 Å². The summed E-state index contributed by atoms with van der Waals surface area (Å²) < 4.78 is 3.29. The van der Waals surface area contributed by atoms with Crippen molar-refractivity contribution in [3.05, 3.63) is 58.6 Å². The van der Waals surface area contributed by atoms with Gasteiger partial charge in [-0.2, -0.15) is 5.10 Å². The lowest BCUT2D eigenvalue weighted by Crippen LogP contribution is -2.14. The Hall–Kier alpha value is -2.67. The fraction of sp³-hybridized carbons (Fsp3) is 0.200. The van der Waals surface area contributed by atoms with Gasteiger partial charge in [0.25, 0.3) is 5.91 Å². The zero-order chi connectivity index (χ0) is 16.4. The number of halogens is 1. The number of nitrogens with zero attached hydrogens (tertiary/aromatic N) is 5. The first-order valence-electron chi connectivity index (χ1n) is 6.97. The van der Waals surface area contributed by atoms with Crippen molar-refractivity contribution >= 4 is 23.5 Å². The minimum absolute atomic E-state index is 0.257. The molecule has 3 aromatic rings. The van der Waals surface area contributed by atoms with Crippen LogP contribution >= 0.6 is 11.6 Å². The highest BCUT2D eigenvalue weighted by Gasteiger charge is 2.14. The van der Waals surface area contributed by atoms with Crippen LogP contribution in [0.4, 0.5) is 5.95 Å². The van der Waals surface area contributed by atoms with Crippen molar-refractivity contribution < 1.29 is 4.79 Å². The number of hydrogen-bond donors (Lipinski definition) is 1. The lowest BCUT2D eigenvalue weighted by Gasteiger charge is -2.02. The molecule has 1 N–H and O–H groups in total. The molecule has 8 heteroatoms. The van der Waals surface area contributed by atoms with Gasteiger partial charge in [-0.25, -0.2) is 9.67 Å². The highest BCUT2D eigenvalue weighted by molar-refractivity contribution is 6.30. The Morgan fingerprint density at radius 2 is 2.04 bits per heavy atom. The molecule has 0 spiro atoms. The maximum Gasteiger partial charge on any atom is 0.261 e. The molecule has 0 bridgehead atoms. The van der Waals surface area contributed by atoms with Crippen molar-refractivity contribution in [2.45, 2.75) is 13.5 Å². The van der Waals surface area contributed by atoms with Crippen LogP contribution in [-0.4, -0.2) is 30.5 Å².